The van der Waals surface area contributed by atoms with Crippen molar-refractivity contribution in [3.63, 3.8) is 0 Å². The van der Waals surface area contributed by atoms with Crippen LogP contribution < -0.4 is 27.4 Å². The summed E-state index contributed by atoms with van der Waals surface area (Å²) in [5.74, 6) is -5.12. The van der Waals surface area contributed by atoms with Gasteiger partial charge in [-0.05, 0) is 5.92 Å². The van der Waals surface area contributed by atoms with Gasteiger partial charge in [0, 0.05) is 18.3 Å². The molecule has 0 saturated carbocycles. The Morgan fingerprint density at radius 2 is 1.64 bits per heavy atom. The lowest BCUT2D eigenvalue weighted by Crippen LogP contribution is -2.59. The number of nitrogens with one attached hydrogen (secondary N) is 4. The molecule has 5 unspecified atom stereocenters. The van der Waals surface area contributed by atoms with E-state index in [4.69, 9.17) is 11.5 Å². The van der Waals surface area contributed by atoms with Crippen LogP contribution in [0.25, 0.3) is 0 Å². The number of aromatic amines is 1. The Morgan fingerprint density at radius 3 is 2.12 bits per heavy atom. The fraction of sp³-hybridized carbons (Fsp3) is 0.579. The highest BCUT2D eigenvalue weighted by Crippen LogP contribution is 2.06. The van der Waals surface area contributed by atoms with E-state index in [1.807, 2.05) is 6.92 Å². The van der Waals surface area contributed by atoms with E-state index in [0.717, 1.165) is 0 Å². The van der Waals surface area contributed by atoms with Gasteiger partial charge in [-0.25, -0.2) is 9.78 Å². The number of imidazole rings is 1. The molecule has 14 heteroatoms. The smallest absolute Gasteiger partial charge is 0.326 e. The first-order valence-corrected chi connectivity index (χ1v) is 10.3. The first-order chi connectivity index (χ1) is 15.5. The van der Waals surface area contributed by atoms with Crippen LogP contribution in [-0.2, 0) is 30.4 Å². The number of H-pyrrole nitrogens is 1. The van der Waals surface area contributed by atoms with Crippen LogP contribution in [0.1, 0.15) is 32.4 Å². The fourth-order valence-corrected chi connectivity index (χ4v) is 2.75. The topological polar surface area (TPSA) is 243 Å². The van der Waals surface area contributed by atoms with E-state index in [0.29, 0.717) is 12.1 Å². The molecule has 0 fully saturated rings. The van der Waals surface area contributed by atoms with Crippen LogP contribution >= 0.6 is 0 Å². The molecule has 14 nitrogen and oxygen atoms in total. The van der Waals surface area contributed by atoms with Crippen LogP contribution in [-0.4, -0.2) is 80.6 Å². The second-order valence-electron chi connectivity index (χ2n) is 7.57. The number of nitrogens with two attached hydrogens (primary N) is 2. The average Bonchev–Trinajstić information content (AvgIpc) is 3.27. The summed E-state index contributed by atoms with van der Waals surface area (Å²) in [4.78, 5) is 66.8. The molecule has 1 heterocycles. The SMILES string of the molecule is CCC(C)C(N)C(=O)NC(CC(N)=O)C(=O)NC(CO)C(=O)NC(Cc1cnc[nH]1)C(=O)O. The number of aromatic nitrogens is 2. The van der Waals surface area contributed by atoms with E-state index in [9.17, 15) is 34.2 Å². The van der Waals surface area contributed by atoms with Gasteiger partial charge in [-0.15, -0.1) is 0 Å². The molecule has 33 heavy (non-hydrogen) atoms. The van der Waals surface area contributed by atoms with Gasteiger partial charge in [0.1, 0.15) is 18.1 Å². The van der Waals surface area contributed by atoms with E-state index in [1.54, 1.807) is 6.92 Å². The monoisotopic (exact) mass is 469 g/mol. The van der Waals surface area contributed by atoms with E-state index in [-0.39, 0.29) is 12.3 Å². The Balaban J connectivity index is 2.87. The second-order valence-corrected chi connectivity index (χ2v) is 7.57. The average molecular weight is 469 g/mol. The van der Waals surface area contributed by atoms with E-state index in [1.165, 1.54) is 12.5 Å². The summed E-state index contributed by atoms with van der Waals surface area (Å²) in [5, 5.41) is 25.6. The first kappa shape index (κ1) is 27.5. The molecule has 10 N–H and O–H groups in total. The van der Waals surface area contributed by atoms with Crippen molar-refractivity contribution in [3.05, 3.63) is 18.2 Å². The number of carboxylic acids is 1. The summed E-state index contributed by atoms with van der Waals surface area (Å²) in [7, 11) is 0. The molecule has 5 atom stereocenters. The van der Waals surface area contributed by atoms with Crippen molar-refractivity contribution in [2.45, 2.75) is 57.3 Å². The third kappa shape index (κ3) is 8.86. The van der Waals surface area contributed by atoms with Crippen molar-refractivity contribution >= 4 is 29.6 Å². The number of carbonyl (C=O) groups is 5. The highest BCUT2D eigenvalue weighted by atomic mass is 16.4. The van der Waals surface area contributed by atoms with E-state index < -0.39 is 66.8 Å². The van der Waals surface area contributed by atoms with Crippen molar-refractivity contribution in [2.75, 3.05) is 6.61 Å². The second kappa shape index (κ2) is 13.1. The molecule has 0 aliphatic carbocycles. The summed E-state index contributed by atoms with van der Waals surface area (Å²) in [5.41, 5.74) is 11.4. The number of carbonyl (C=O) groups excluding carboxylic acids is 4. The maximum Gasteiger partial charge on any atom is 0.326 e. The minimum atomic E-state index is -1.56. The number of hydrogen-bond acceptors (Lipinski definition) is 8. The van der Waals surface area contributed by atoms with Crippen molar-refractivity contribution in [3.8, 4) is 0 Å². The molecule has 1 aromatic heterocycles. The van der Waals surface area contributed by atoms with Gasteiger partial charge in [0.2, 0.25) is 23.6 Å². The number of aliphatic carboxylic acids is 1. The number of primary amides is 1. The highest BCUT2D eigenvalue weighted by Gasteiger charge is 2.31. The number of amides is 4. The molecule has 1 rings (SSSR count). The summed E-state index contributed by atoms with van der Waals surface area (Å²) < 4.78 is 0. The van der Waals surface area contributed by atoms with Crippen LogP contribution in [0.5, 0.6) is 0 Å². The summed E-state index contributed by atoms with van der Waals surface area (Å²) >= 11 is 0. The number of rotatable bonds is 14. The van der Waals surface area contributed by atoms with Crippen molar-refractivity contribution in [1.29, 1.82) is 0 Å². The predicted octanol–water partition coefficient (Wildman–Crippen LogP) is -3.27. The van der Waals surface area contributed by atoms with Crippen LogP contribution in [0.15, 0.2) is 12.5 Å². The standard InChI is InChI=1S/C19H31N7O7/c1-3-9(2)15(21)18(31)24-11(5-14(20)28)16(29)26-13(7-27)17(30)25-12(19(32)33)4-10-6-22-8-23-10/h6,8-9,11-13,15,27H,3-5,7,21H2,1-2H3,(H2,20,28)(H,22,23)(H,24,31)(H,25,30)(H,26,29)(H,32,33). The van der Waals surface area contributed by atoms with Gasteiger partial charge in [0.25, 0.3) is 0 Å². The predicted molar refractivity (Wildman–Crippen MR) is 114 cm³/mol. The molecule has 184 valence electrons. The normalized spacial score (nSPS) is 15.4. The quantitative estimate of drug-likeness (QED) is 0.136. The molecular formula is C19H31N7O7. The van der Waals surface area contributed by atoms with E-state index >= 15 is 0 Å². The van der Waals surface area contributed by atoms with Crippen molar-refractivity contribution in [2.24, 2.45) is 17.4 Å². The first-order valence-electron chi connectivity index (χ1n) is 10.3. The van der Waals surface area contributed by atoms with Gasteiger partial charge in [-0.1, -0.05) is 20.3 Å². The fourth-order valence-electron chi connectivity index (χ4n) is 2.75. The van der Waals surface area contributed by atoms with Crippen LogP contribution in [0.3, 0.4) is 0 Å². The molecule has 1 aromatic rings. The Bertz CT molecular complexity index is 830. The molecule has 0 aliphatic rings. The van der Waals surface area contributed by atoms with E-state index in [2.05, 4.69) is 25.9 Å². The summed E-state index contributed by atoms with van der Waals surface area (Å²) in [6.07, 6.45) is 2.61. The van der Waals surface area contributed by atoms with Gasteiger partial charge in [-0.3, -0.25) is 19.2 Å². The zero-order chi connectivity index (χ0) is 25.1. The lowest BCUT2D eigenvalue weighted by atomic mass is 9.99. The molecule has 0 aliphatic heterocycles. The number of aliphatic hydroxyl groups excluding tert-OH is 1. The van der Waals surface area contributed by atoms with Crippen molar-refractivity contribution in [1.82, 2.24) is 25.9 Å². The largest absolute Gasteiger partial charge is 0.480 e. The minimum Gasteiger partial charge on any atom is -0.480 e. The summed E-state index contributed by atoms with van der Waals surface area (Å²) in [6.45, 7) is 2.69. The van der Waals surface area contributed by atoms with Crippen molar-refractivity contribution < 1.29 is 34.2 Å². The Labute approximate surface area is 189 Å². The molecule has 0 aromatic carbocycles. The molecule has 0 spiro atoms. The molecule has 4 amide bonds. The van der Waals surface area contributed by atoms with Crippen LogP contribution in [0.2, 0.25) is 0 Å². The van der Waals surface area contributed by atoms with Gasteiger partial charge in [0.15, 0.2) is 0 Å². The third-order valence-corrected chi connectivity index (χ3v) is 5.01. The zero-order valence-electron chi connectivity index (χ0n) is 18.4. The van der Waals surface area contributed by atoms with Crippen LogP contribution in [0.4, 0.5) is 0 Å². The Morgan fingerprint density at radius 1 is 1.06 bits per heavy atom. The third-order valence-electron chi connectivity index (χ3n) is 5.01. The lowest BCUT2D eigenvalue weighted by Gasteiger charge is -2.24. The highest BCUT2D eigenvalue weighted by molar-refractivity contribution is 5.96. The molecule has 0 bridgehead atoms. The lowest BCUT2D eigenvalue weighted by molar-refractivity contribution is -0.142. The number of carboxylic acid groups (broad SMARTS) is 1. The maximum atomic E-state index is 12.6. The van der Waals surface area contributed by atoms with Gasteiger partial charge >= 0.3 is 5.97 Å². The Kier molecular flexibility index (Phi) is 10.9. The Hall–Kier alpha value is -3.52. The summed E-state index contributed by atoms with van der Waals surface area (Å²) in [6, 6.07) is -5.34. The van der Waals surface area contributed by atoms with Gasteiger partial charge in [0.05, 0.1) is 25.4 Å². The molecule has 0 radical (unpaired) electrons. The number of hydrogen-bond donors (Lipinski definition) is 8. The molecular weight excluding hydrogens is 438 g/mol. The van der Waals surface area contributed by atoms with Gasteiger partial charge in [-0.2, -0.15) is 0 Å². The number of aliphatic hydroxyl groups is 1. The zero-order valence-corrected chi connectivity index (χ0v) is 18.4. The van der Waals surface area contributed by atoms with Crippen LogP contribution in [0, 0.1) is 5.92 Å². The minimum absolute atomic E-state index is 0.124. The maximum absolute atomic E-state index is 12.6. The number of nitrogens with zero attached hydrogens (tertiary/aromatic N) is 1. The van der Waals surface area contributed by atoms with Gasteiger partial charge < -0.3 is 42.6 Å². The molecule has 0 saturated heterocycles.